The Labute approximate surface area is 121 Å². The van der Waals surface area contributed by atoms with E-state index in [9.17, 15) is 9.59 Å². The zero-order valence-electron chi connectivity index (χ0n) is 10.1. The van der Waals surface area contributed by atoms with Gasteiger partial charge in [-0.1, -0.05) is 0 Å². The summed E-state index contributed by atoms with van der Waals surface area (Å²) in [5.41, 5.74) is 1.73. The summed E-state index contributed by atoms with van der Waals surface area (Å²) in [4.78, 5) is 20.1. The van der Waals surface area contributed by atoms with Gasteiger partial charge >= 0.3 is 29.0 Å². The van der Waals surface area contributed by atoms with Gasteiger partial charge in [-0.05, 0) is 0 Å². The summed E-state index contributed by atoms with van der Waals surface area (Å²) in [6, 6.07) is 14.5. The predicted molar refractivity (Wildman–Crippen MR) is 66.7 cm³/mol. The van der Waals surface area contributed by atoms with Crippen molar-refractivity contribution < 1.29 is 36.9 Å². The maximum Gasteiger partial charge on any atom is 2.00 e. The van der Waals surface area contributed by atoms with Gasteiger partial charge in [0.25, 0.3) is 0 Å². The van der Waals surface area contributed by atoms with E-state index >= 15 is 0 Å². The third-order valence-corrected chi connectivity index (χ3v) is 2.17. The number of carboxylic acid groups (broad SMARTS) is 2. The van der Waals surface area contributed by atoms with Gasteiger partial charge in [0.1, 0.15) is 0 Å². The molecule has 102 valence electrons. The average molecular weight is 302 g/mol. The normalized spacial score (nSPS) is 8.84. The Morgan fingerprint density at radius 1 is 0.895 bits per heavy atom. The van der Waals surface area contributed by atoms with E-state index in [0.29, 0.717) is 0 Å². The van der Waals surface area contributed by atoms with Crippen molar-refractivity contribution in [3.8, 4) is 0 Å². The molecule has 0 aliphatic carbocycles. The molecule has 0 bridgehead atoms. The molecule has 2 aromatic carbocycles. The quantitative estimate of drug-likeness (QED) is 0.669. The second kappa shape index (κ2) is 9.14. The Bertz CT molecular complexity index is 425. The first-order valence-corrected chi connectivity index (χ1v) is 5.42. The van der Waals surface area contributed by atoms with Crippen LogP contribution in [0.25, 0.3) is 0 Å². The van der Waals surface area contributed by atoms with Crippen molar-refractivity contribution in [2.75, 3.05) is 0 Å². The number of hydrogen-bond donors (Lipinski definition) is 2. The van der Waals surface area contributed by atoms with Crippen molar-refractivity contribution in [1.29, 1.82) is 0 Å². The molecule has 0 aliphatic rings. The Morgan fingerprint density at radius 3 is 1.47 bits per heavy atom. The molecular formula is C14H14FeO4. The molecule has 19 heavy (non-hydrogen) atoms. The molecule has 2 rings (SSSR count). The molecule has 0 amide bonds. The number of rotatable bonds is 4. The second-order valence-corrected chi connectivity index (χ2v) is 3.73. The fourth-order valence-corrected chi connectivity index (χ4v) is 1.41. The van der Waals surface area contributed by atoms with Crippen LogP contribution in [-0.2, 0) is 39.5 Å². The molecule has 0 aliphatic heterocycles. The zero-order chi connectivity index (χ0) is 13.4. The summed E-state index contributed by atoms with van der Waals surface area (Å²) in [7, 11) is 0. The predicted octanol–water partition coefficient (Wildman–Crippen LogP) is 2.06. The molecule has 0 saturated carbocycles. The smallest absolute Gasteiger partial charge is 0.481 e. The van der Waals surface area contributed by atoms with Gasteiger partial charge in [-0.15, -0.1) is 0 Å². The van der Waals surface area contributed by atoms with E-state index in [1.54, 1.807) is 24.3 Å². The maximum absolute atomic E-state index is 10.1. The summed E-state index contributed by atoms with van der Waals surface area (Å²) < 4.78 is 0. The Balaban J connectivity index is 0.000000324. The van der Waals surface area contributed by atoms with Gasteiger partial charge in [-0.25, -0.2) is 24.3 Å². The number of hydrogen-bond acceptors (Lipinski definition) is 2. The summed E-state index contributed by atoms with van der Waals surface area (Å²) >= 11 is 0. The first-order chi connectivity index (χ1) is 8.58. The van der Waals surface area contributed by atoms with Crippen molar-refractivity contribution in [1.82, 2.24) is 0 Å². The molecule has 0 radical (unpaired) electrons. The van der Waals surface area contributed by atoms with Crippen LogP contribution < -0.4 is 0 Å². The topological polar surface area (TPSA) is 74.6 Å². The third kappa shape index (κ3) is 7.97. The van der Waals surface area contributed by atoms with Gasteiger partial charge in [0, 0.05) is 12.8 Å². The fraction of sp³-hybridized carbons (Fsp3) is 0.143. The van der Waals surface area contributed by atoms with E-state index in [-0.39, 0.29) is 29.9 Å². The van der Waals surface area contributed by atoms with Crippen LogP contribution >= 0.6 is 0 Å². The Kier molecular flexibility index (Phi) is 8.25. The maximum atomic E-state index is 10.1. The van der Waals surface area contributed by atoms with Crippen molar-refractivity contribution >= 4 is 11.9 Å². The first kappa shape index (κ1) is 17.2. The minimum atomic E-state index is -0.777. The zero-order valence-corrected chi connectivity index (χ0v) is 11.2. The van der Waals surface area contributed by atoms with E-state index in [2.05, 4.69) is 0 Å². The SMILES string of the molecule is O=C(O)Cc1ccc[cH-]1.O=C(O)Cc1ccc[cH-]1.[Fe+2]. The third-order valence-electron chi connectivity index (χ3n) is 2.17. The van der Waals surface area contributed by atoms with E-state index < -0.39 is 11.9 Å². The average Bonchev–Trinajstić information content (AvgIpc) is 2.90. The van der Waals surface area contributed by atoms with E-state index in [4.69, 9.17) is 10.2 Å². The Morgan fingerprint density at radius 2 is 1.26 bits per heavy atom. The Hall–Kier alpha value is -1.84. The molecule has 0 fully saturated rings. The van der Waals surface area contributed by atoms with Crippen molar-refractivity contribution in [2.24, 2.45) is 0 Å². The number of carbonyl (C=O) groups is 2. The van der Waals surface area contributed by atoms with E-state index in [0.717, 1.165) is 11.1 Å². The molecule has 0 saturated heterocycles. The van der Waals surface area contributed by atoms with Gasteiger partial charge in [-0.2, -0.15) is 35.4 Å². The van der Waals surface area contributed by atoms with Crippen LogP contribution in [0.5, 0.6) is 0 Å². The van der Waals surface area contributed by atoms with Crippen LogP contribution in [0.2, 0.25) is 0 Å². The van der Waals surface area contributed by atoms with Gasteiger partial charge < -0.3 is 10.2 Å². The fourth-order valence-electron chi connectivity index (χ4n) is 1.41. The molecule has 2 N–H and O–H groups in total. The van der Waals surface area contributed by atoms with E-state index in [1.807, 2.05) is 24.3 Å². The van der Waals surface area contributed by atoms with Crippen molar-refractivity contribution in [3.63, 3.8) is 0 Å². The largest absolute Gasteiger partial charge is 2.00 e. The van der Waals surface area contributed by atoms with Crippen LogP contribution in [0.15, 0.2) is 48.5 Å². The molecule has 0 spiro atoms. The molecule has 0 aromatic heterocycles. The molecular weight excluding hydrogens is 288 g/mol. The molecule has 0 unspecified atom stereocenters. The second-order valence-electron chi connectivity index (χ2n) is 3.73. The van der Waals surface area contributed by atoms with Crippen molar-refractivity contribution in [3.05, 3.63) is 59.7 Å². The molecule has 5 heteroatoms. The van der Waals surface area contributed by atoms with Gasteiger partial charge in [-0.3, -0.25) is 9.59 Å². The summed E-state index contributed by atoms with van der Waals surface area (Å²) in [5, 5.41) is 16.6. The van der Waals surface area contributed by atoms with Crippen LogP contribution in [0.1, 0.15) is 11.1 Å². The summed E-state index contributed by atoms with van der Waals surface area (Å²) in [6.45, 7) is 0. The van der Waals surface area contributed by atoms with Gasteiger partial charge in [0.05, 0.1) is 0 Å². The van der Waals surface area contributed by atoms with Crippen LogP contribution in [0.4, 0.5) is 0 Å². The standard InChI is InChI=1S/2C7H7O2.Fe/c2*8-7(9)5-6-3-1-2-4-6;/h2*1-4H,5H2,(H,8,9);/q2*-1;+2. The van der Waals surface area contributed by atoms with Gasteiger partial charge in [0.15, 0.2) is 0 Å². The van der Waals surface area contributed by atoms with Crippen molar-refractivity contribution in [2.45, 2.75) is 12.8 Å². The van der Waals surface area contributed by atoms with E-state index in [1.165, 1.54) is 0 Å². The molecule has 0 heterocycles. The minimum absolute atomic E-state index is 0. The summed E-state index contributed by atoms with van der Waals surface area (Å²) in [6.07, 6.45) is 0.264. The number of carboxylic acids is 2. The minimum Gasteiger partial charge on any atom is -0.481 e. The molecule has 2 aromatic rings. The summed E-state index contributed by atoms with van der Waals surface area (Å²) in [5.74, 6) is -1.55. The monoisotopic (exact) mass is 302 g/mol. The van der Waals surface area contributed by atoms with Crippen LogP contribution in [0, 0.1) is 0 Å². The molecule has 0 atom stereocenters. The van der Waals surface area contributed by atoms with Crippen LogP contribution in [0.3, 0.4) is 0 Å². The number of aliphatic carboxylic acids is 2. The van der Waals surface area contributed by atoms with Gasteiger partial charge in [0.2, 0.25) is 0 Å². The first-order valence-electron chi connectivity index (χ1n) is 5.42. The van der Waals surface area contributed by atoms with Crippen LogP contribution in [-0.4, -0.2) is 22.2 Å². The molecule has 4 nitrogen and oxygen atoms in total.